The van der Waals surface area contributed by atoms with E-state index in [9.17, 15) is 9.59 Å². The summed E-state index contributed by atoms with van der Waals surface area (Å²) in [5.41, 5.74) is 2.54. The normalized spacial score (nSPS) is 10.7. The lowest BCUT2D eigenvalue weighted by Crippen LogP contribution is -2.30. The summed E-state index contributed by atoms with van der Waals surface area (Å²) in [6.07, 6.45) is 0. The molecule has 8 nitrogen and oxygen atoms in total. The quantitative estimate of drug-likeness (QED) is 0.454. The Hall–Kier alpha value is -4.33. The number of hydrogen-bond acceptors (Lipinski definition) is 6. The maximum atomic E-state index is 13.4. The number of fused-ring (bicyclic) bond motifs is 1. The summed E-state index contributed by atoms with van der Waals surface area (Å²) < 4.78 is 12.1. The van der Waals surface area contributed by atoms with E-state index in [1.807, 2.05) is 49.3 Å². The zero-order chi connectivity index (χ0) is 24.2. The molecule has 1 aromatic heterocycles. The number of carbonyl (C=O) groups is 1. The molecular formula is C26H26N4O4. The Balaban J connectivity index is 1.74. The Kier molecular flexibility index (Phi) is 6.49. The maximum Gasteiger partial charge on any atom is 0.262 e. The number of carbonyl (C=O) groups excluding carboxylic acids is 1. The van der Waals surface area contributed by atoms with Crippen molar-refractivity contribution in [1.29, 1.82) is 0 Å². The van der Waals surface area contributed by atoms with Crippen molar-refractivity contribution >= 4 is 28.2 Å². The number of benzene rings is 3. The smallest absolute Gasteiger partial charge is 0.262 e. The van der Waals surface area contributed by atoms with Crippen LogP contribution in [0.5, 0.6) is 11.5 Å². The average Bonchev–Trinajstić information content (AvgIpc) is 2.85. The third-order valence-electron chi connectivity index (χ3n) is 5.47. The molecule has 3 aromatic carbocycles. The molecule has 4 aromatic rings. The standard InChI is InChI=1S/C26H26N4O4/c1-29(2)19-12-10-18(11-13-19)27-24(31)16-30-25(17-9-14-22(33-3)23(15-17)34-4)28-21-8-6-5-7-20(21)26(30)32/h5-15H,16H2,1-4H3,(H,27,31). The van der Waals surface area contributed by atoms with E-state index in [0.717, 1.165) is 5.69 Å². The molecule has 1 amide bonds. The lowest BCUT2D eigenvalue weighted by atomic mass is 10.1. The zero-order valence-electron chi connectivity index (χ0n) is 19.5. The molecule has 0 fully saturated rings. The Labute approximate surface area is 197 Å². The molecule has 0 aliphatic rings. The van der Waals surface area contributed by atoms with Crippen molar-refractivity contribution < 1.29 is 14.3 Å². The molecule has 0 aliphatic heterocycles. The van der Waals surface area contributed by atoms with Crippen molar-refractivity contribution in [3.05, 3.63) is 77.1 Å². The van der Waals surface area contributed by atoms with E-state index < -0.39 is 0 Å². The fraction of sp³-hybridized carbons (Fsp3) is 0.192. The zero-order valence-corrected chi connectivity index (χ0v) is 19.5. The minimum atomic E-state index is -0.335. The first-order valence-corrected chi connectivity index (χ1v) is 10.7. The first kappa shape index (κ1) is 22.8. The van der Waals surface area contributed by atoms with E-state index >= 15 is 0 Å². The number of nitrogens with one attached hydrogen (secondary N) is 1. The van der Waals surface area contributed by atoms with Crippen molar-refractivity contribution in [2.75, 3.05) is 38.5 Å². The van der Waals surface area contributed by atoms with Gasteiger partial charge in [0.1, 0.15) is 12.4 Å². The molecule has 4 rings (SSSR count). The minimum absolute atomic E-state index is 0.199. The van der Waals surface area contributed by atoms with Crippen LogP contribution in [0.15, 0.2) is 71.5 Å². The molecule has 1 N–H and O–H groups in total. The van der Waals surface area contributed by atoms with Gasteiger partial charge in [-0.3, -0.25) is 14.2 Å². The number of aromatic nitrogens is 2. The molecule has 0 saturated carbocycles. The molecule has 0 aliphatic carbocycles. The molecule has 8 heteroatoms. The first-order valence-electron chi connectivity index (χ1n) is 10.7. The summed E-state index contributed by atoms with van der Waals surface area (Å²) in [6, 6.07) is 19.8. The summed E-state index contributed by atoms with van der Waals surface area (Å²) in [6.45, 7) is -0.199. The van der Waals surface area contributed by atoms with Crippen molar-refractivity contribution in [2.45, 2.75) is 6.54 Å². The van der Waals surface area contributed by atoms with Crippen LogP contribution < -0.4 is 25.2 Å². The Morgan fingerprint density at radius 2 is 1.68 bits per heavy atom. The number of nitrogens with zero attached hydrogens (tertiary/aromatic N) is 3. The number of ether oxygens (including phenoxy) is 2. The predicted molar refractivity (Wildman–Crippen MR) is 134 cm³/mol. The lowest BCUT2D eigenvalue weighted by Gasteiger charge is -2.16. The molecule has 0 bridgehead atoms. The van der Waals surface area contributed by atoms with E-state index in [4.69, 9.17) is 14.5 Å². The summed E-state index contributed by atoms with van der Waals surface area (Å²) >= 11 is 0. The van der Waals surface area contributed by atoms with E-state index in [-0.39, 0.29) is 18.0 Å². The number of hydrogen-bond donors (Lipinski definition) is 1. The molecule has 1 heterocycles. The highest BCUT2D eigenvalue weighted by molar-refractivity contribution is 5.91. The third-order valence-corrected chi connectivity index (χ3v) is 5.47. The number of amides is 1. The molecule has 0 spiro atoms. The van der Waals surface area contributed by atoms with Crippen LogP contribution in [0.4, 0.5) is 11.4 Å². The largest absolute Gasteiger partial charge is 0.493 e. The SMILES string of the molecule is COc1ccc(-c2nc3ccccc3c(=O)n2CC(=O)Nc2ccc(N(C)C)cc2)cc1OC. The van der Waals surface area contributed by atoms with Gasteiger partial charge in [-0.25, -0.2) is 4.98 Å². The second-order valence-corrected chi connectivity index (χ2v) is 7.90. The number of methoxy groups -OCH3 is 2. The summed E-state index contributed by atoms with van der Waals surface area (Å²) in [7, 11) is 6.99. The monoisotopic (exact) mass is 458 g/mol. The van der Waals surface area contributed by atoms with Gasteiger partial charge in [0.15, 0.2) is 11.5 Å². The topological polar surface area (TPSA) is 85.7 Å². The molecule has 34 heavy (non-hydrogen) atoms. The average molecular weight is 459 g/mol. The number of para-hydroxylation sites is 1. The summed E-state index contributed by atoms with van der Waals surface area (Å²) in [4.78, 5) is 33.0. The van der Waals surface area contributed by atoms with Gasteiger partial charge in [0.2, 0.25) is 5.91 Å². The molecular weight excluding hydrogens is 432 g/mol. The van der Waals surface area contributed by atoms with Crippen molar-refractivity contribution in [1.82, 2.24) is 9.55 Å². The second kappa shape index (κ2) is 9.66. The van der Waals surface area contributed by atoms with Crippen LogP contribution >= 0.6 is 0 Å². The van der Waals surface area contributed by atoms with Gasteiger partial charge in [-0.15, -0.1) is 0 Å². The minimum Gasteiger partial charge on any atom is -0.493 e. The van der Waals surface area contributed by atoms with Gasteiger partial charge in [0, 0.05) is 31.0 Å². The van der Waals surface area contributed by atoms with Crippen LogP contribution in [0.1, 0.15) is 0 Å². The van der Waals surface area contributed by atoms with Crippen LogP contribution in [-0.4, -0.2) is 43.8 Å². The van der Waals surface area contributed by atoms with Gasteiger partial charge < -0.3 is 19.7 Å². The Bertz CT molecular complexity index is 1390. The second-order valence-electron chi connectivity index (χ2n) is 7.90. The van der Waals surface area contributed by atoms with Crippen LogP contribution in [0, 0.1) is 0 Å². The third kappa shape index (κ3) is 4.56. The van der Waals surface area contributed by atoms with Gasteiger partial charge in [0.05, 0.1) is 25.1 Å². The van der Waals surface area contributed by atoms with E-state index in [1.165, 1.54) is 11.7 Å². The van der Waals surface area contributed by atoms with Gasteiger partial charge in [-0.2, -0.15) is 0 Å². The van der Waals surface area contributed by atoms with Gasteiger partial charge in [-0.05, 0) is 54.6 Å². The summed E-state index contributed by atoms with van der Waals surface area (Å²) in [5, 5.41) is 3.30. The highest BCUT2D eigenvalue weighted by atomic mass is 16.5. The number of rotatable bonds is 7. The van der Waals surface area contributed by atoms with E-state index in [0.29, 0.717) is 39.5 Å². The van der Waals surface area contributed by atoms with E-state index in [2.05, 4.69) is 5.32 Å². The maximum absolute atomic E-state index is 13.4. The fourth-order valence-electron chi connectivity index (χ4n) is 3.70. The van der Waals surface area contributed by atoms with Gasteiger partial charge in [0.25, 0.3) is 5.56 Å². The number of anilines is 2. The fourth-order valence-corrected chi connectivity index (χ4v) is 3.70. The lowest BCUT2D eigenvalue weighted by molar-refractivity contribution is -0.116. The Morgan fingerprint density at radius 1 is 0.971 bits per heavy atom. The highest BCUT2D eigenvalue weighted by Gasteiger charge is 2.17. The highest BCUT2D eigenvalue weighted by Crippen LogP contribution is 2.31. The summed E-state index contributed by atoms with van der Waals surface area (Å²) in [5.74, 6) is 1.08. The molecule has 0 atom stereocenters. The van der Waals surface area contributed by atoms with Crippen LogP contribution in [0.2, 0.25) is 0 Å². The van der Waals surface area contributed by atoms with Crippen LogP contribution in [0.25, 0.3) is 22.3 Å². The van der Waals surface area contributed by atoms with Crippen LogP contribution in [-0.2, 0) is 11.3 Å². The van der Waals surface area contributed by atoms with Gasteiger partial charge >= 0.3 is 0 Å². The molecule has 0 unspecified atom stereocenters. The van der Waals surface area contributed by atoms with Crippen molar-refractivity contribution in [2.24, 2.45) is 0 Å². The van der Waals surface area contributed by atoms with Crippen molar-refractivity contribution in [3.63, 3.8) is 0 Å². The van der Waals surface area contributed by atoms with Crippen molar-refractivity contribution in [3.8, 4) is 22.9 Å². The van der Waals surface area contributed by atoms with E-state index in [1.54, 1.807) is 43.5 Å². The first-order chi connectivity index (χ1) is 16.4. The van der Waals surface area contributed by atoms with Crippen LogP contribution in [0.3, 0.4) is 0 Å². The van der Waals surface area contributed by atoms with Gasteiger partial charge in [-0.1, -0.05) is 12.1 Å². The predicted octanol–water partition coefficient (Wildman–Crippen LogP) is 3.79. The Morgan fingerprint density at radius 3 is 2.35 bits per heavy atom. The molecule has 0 saturated heterocycles. The molecule has 174 valence electrons. The molecule has 0 radical (unpaired) electrons.